The normalized spacial score (nSPS) is 10.5. The zero-order chi connectivity index (χ0) is 17.4. The molecule has 2 N–H and O–H groups in total. The van der Waals surface area contributed by atoms with Crippen molar-refractivity contribution in [3.8, 4) is 11.8 Å². The smallest absolute Gasteiger partial charge is 0.334 e. The Bertz CT molecular complexity index is 746. The molecule has 0 saturated heterocycles. The lowest BCUT2D eigenvalue weighted by molar-refractivity contribution is -0.137. The quantitative estimate of drug-likeness (QED) is 0.829. The van der Waals surface area contributed by atoms with E-state index in [9.17, 15) is 18.0 Å². The van der Waals surface area contributed by atoms with E-state index in [2.05, 4.69) is 22.5 Å². The van der Waals surface area contributed by atoms with Crippen LogP contribution >= 0.6 is 0 Å². The molecular formula is C18H15F3N2O. The number of amides is 2. The number of halogens is 3. The number of carbonyl (C=O) groups is 1. The highest BCUT2D eigenvalue weighted by Gasteiger charge is 2.32. The maximum absolute atomic E-state index is 12.8. The van der Waals surface area contributed by atoms with Gasteiger partial charge in [0.25, 0.3) is 0 Å². The largest absolute Gasteiger partial charge is 0.417 e. The van der Waals surface area contributed by atoms with E-state index in [-0.39, 0.29) is 12.1 Å². The maximum atomic E-state index is 12.8. The lowest BCUT2D eigenvalue weighted by atomic mass is 10.1. The molecular weight excluding hydrogens is 317 g/mol. The third-order valence-electron chi connectivity index (χ3n) is 3.09. The highest BCUT2D eigenvalue weighted by atomic mass is 19.4. The van der Waals surface area contributed by atoms with Crippen LogP contribution in [0.3, 0.4) is 0 Å². The van der Waals surface area contributed by atoms with Crippen LogP contribution in [0.15, 0.2) is 54.6 Å². The standard InChI is InChI=1S/C18H15F3N2O/c19-18(20,21)16-11-5-4-9-15(16)10-6-12-22-17(24)23-13-14-7-2-1-3-8-14/h1-5,7-9,11H,12-13H2,(H2,22,23,24). The molecule has 0 fully saturated rings. The van der Waals surface area contributed by atoms with Crippen molar-refractivity contribution < 1.29 is 18.0 Å². The second kappa shape index (κ2) is 8.06. The van der Waals surface area contributed by atoms with E-state index in [1.54, 1.807) is 0 Å². The van der Waals surface area contributed by atoms with Crippen LogP contribution in [0.5, 0.6) is 0 Å². The molecule has 2 amide bonds. The van der Waals surface area contributed by atoms with Crippen LogP contribution in [0.4, 0.5) is 18.0 Å². The fourth-order valence-corrected chi connectivity index (χ4v) is 1.94. The van der Waals surface area contributed by atoms with Gasteiger partial charge in [0, 0.05) is 12.1 Å². The first-order chi connectivity index (χ1) is 11.5. The molecule has 0 spiro atoms. The van der Waals surface area contributed by atoms with Crippen LogP contribution in [0.25, 0.3) is 0 Å². The molecule has 2 aromatic rings. The Labute approximate surface area is 137 Å². The third-order valence-corrected chi connectivity index (χ3v) is 3.09. The van der Waals surface area contributed by atoms with E-state index in [1.807, 2.05) is 30.3 Å². The SMILES string of the molecule is O=C(NCC#Cc1ccccc1C(F)(F)F)NCc1ccccc1. The summed E-state index contributed by atoms with van der Waals surface area (Å²) in [7, 11) is 0. The molecule has 0 atom stereocenters. The lowest BCUT2D eigenvalue weighted by Gasteiger charge is -2.08. The zero-order valence-corrected chi connectivity index (χ0v) is 12.7. The van der Waals surface area contributed by atoms with Crippen LogP contribution < -0.4 is 10.6 Å². The molecule has 2 aromatic carbocycles. The summed E-state index contributed by atoms with van der Waals surface area (Å²) in [6, 6.07) is 14.0. The van der Waals surface area contributed by atoms with E-state index in [1.165, 1.54) is 18.2 Å². The Balaban J connectivity index is 1.85. The first-order valence-electron chi connectivity index (χ1n) is 7.17. The van der Waals surface area contributed by atoms with Crippen LogP contribution in [0, 0.1) is 11.8 Å². The van der Waals surface area contributed by atoms with Gasteiger partial charge in [0.1, 0.15) is 0 Å². The Kier molecular flexibility index (Phi) is 5.85. The van der Waals surface area contributed by atoms with Crippen molar-refractivity contribution in [2.45, 2.75) is 12.7 Å². The van der Waals surface area contributed by atoms with E-state index in [4.69, 9.17) is 0 Å². The second-order valence-corrected chi connectivity index (χ2v) is 4.87. The third kappa shape index (κ3) is 5.36. The second-order valence-electron chi connectivity index (χ2n) is 4.87. The van der Waals surface area contributed by atoms with Crippen LogP contribution in [0.1, 0.15) is 16.7 Å². The fraction of sp³-hybridized carbons (Fsp3) is 0.167. The van der Waals surface area contributed by atoms with Gasteiger partial charge in [-0.2, -0.15) is 13.2 Å². The molecule has 6 heteroatoms. The summed E-state index contributed by atoms with van der Waals surface area (Å²) in [4.78, 5) is 11.6. The van der Waals surface area contributed by atoms with Gasteiger partial charge in [-0.3, -0.25) is 0 Å². The maximum Gasteiger partial charge on any atom is 0.417 e. The molecule has 0 aromatic heterocycles. The molecule has 0 aliphatic heterocycles. The molecule has 0 radical (unpaired) electrons. The van der Waals surface area contributed by atoms with E-state index < -0.39 is 17.8 Å². The van der Waals surface area contributed by atoms with Crippen molar-refractivity contribution >= 4 is 6.03 Å². The van der Waals surface area contributed by atoms with Gasteiger partial charge in [0.15, 0.2) is 0 Å². The van der Waals surface area contributed by atoms with Crippen molar-refractivity contribution in [2.75, 3.05) is 6.54 Å². The number of carbonyl (C=O) groups excluding carboxylic acids is 1. The van der Waals surface area contributed by atoms with Gasteiger partial charge in [-0.15, -0.1) is 0 Å². The molecule has 0 aliphatic carbocycles. The molecule has 0 saturated carbocycles. The topological polar surface area (TPSA) is 41.1 Å². The summed E-state index contributed by atoms with van der Waals surface area (Å²) in [5.74, 6) is 4.96. The van der Waals surface area contributed by atoms with Gasteiger partial charge in [0.2, 0.25) is 0 Å². The zero-order valence-electron chi connectivity index (χ0n) is 12.7. The Hall–Kier alpha value is -2.94. The number of rotatable bonds is 3. The van der Waals surface area contributed by atoms with Gasteiger partial charge >= 0.3 is 12.2 Å². The molecule has 3 nitrogen and oxygen atoms in total. The molecule has 124 valence electrons. The van der Waals surface area contributed by atoms with E-state index in [0.717, 1.165) is 11.6 Å². The molecule has 24 heavy (non-hydrogen) atoms. The minimum absolute atomic E-state index is 0.0488. The van der Waals surface area contributed by atoms with Crippen LogP contribution in [-0.4, -0.2) is 12.6 Å². The first kappa shape index (κ1) is 17.4. The number of urea groups is 1. The summed E-state index contributed by atoms with van der Waals surface area (Å²) in [6.45, 7) is 0.309. The Morgan fingerprint density at radius 2 is 1.62 bits per heavy atom. The van der Waals surface area contributed by atoms with Gasteiger partial charge in [-0.1, -0.05) is 54.3 Å². The lowest BCUT2D eigenvalue weighted by Crippen LogP contribution is -2.35. The van der Waals surface area contributed by atoms with Gasteiger partial charge in [0.05, 0.1) is 12.1 Å². The van der Waals surface area contributed by atoms with Gasteiger partial charge < -0.3 is 10.6 Å². The fourth-order valence-electron chi connectivity index (χ4n) is 1.94. The molecule has 0 bridgehead atoms. The van der Waals surface area contributed by atoms with Gasteiger partial charge in [-0.05, 0) is 17.7 Å². The average Bonchev–Trinajstić information content (AvgIpc) is 2.57. The van der Waals surface area contributed by atoms with E-state index >= 15 is 0 Å². The average molecular weight is 332 g/mol. The van der Waals surface area contributed by atoms with Crippen LogP contribution in [0.2, 0.25) is 0 Å². The first-order valence-corrected chi connectivity index (χ1v) is 7.17. The van der Waals surface area contributed by atoms with Crippen molar-refractivity contribution in [1.29, 1.82) is 0 Å². The molecule has 2 rings (SSSR count). The minimum Gasteiger partial charge on any atom is -0.334 e. The molecule has 0 aliphatic rings. The molecule has 0 heterocycles. The summed E-state index contributed by atoms with van der Waals surface area (Å²) < 4.78 is 38.4. The van der Waals surface area contributed by atoms with Crippen molar-refractivity contribution in [3.63, 3.8) is 0 Å². The number of hydrogen-bond donors (Lipinski definition) is 2. The number of benzene rings is 2. The minimum atomic E-state index is -4.45. The summed E-state index contributed by atoms with van der Waals surface area (Å²) >= 11 is 0. The summed E-state index contributed by atoms with van der Waals surface area (Å²) in [5, 5.41) is 5.11. The highest BCUT2D eigenvalue weighted by Crippen LogP contribution is 2.31. The van der Waals surface area contributed by atoms with E-state index in [0.29, 0.717) is 6.54 Å². The van der Waals surface area contributed by atoms with Crippen molar-refractivity contribution in [2.24, 2.45) is 0 Å². The monoisotopic (exact) mass is 332 g/mol. The number of nitrogens with one attached hydrogen (secondary N) is 2. The number of hydrogen-bond acceptors (Lipinski definition) is 1. The Morgan fingerprint density at radius 3 is 2.33 bits per heavy atom. The van der Waals surface area contributed by atoms with Crippen LogP contribution in [-0.2, 0) is 12.7 Å². The highest BCUT2D eigenvalue weighted by molar-refractivity contribution is 5.74. The van der Waals surface area contributed by atoms with Gasteiger partial charge in [-0.25, -0.2) is 4.79 Å². The predicted octanol–water partition coefficient (Wildman–Crippen LogP) is 3.56. The van der Waals surface area contributed by atoms with Crippen molar-refractivity contribution in [1.82, 2.24) is 10.6 Å². The Morgan fingerprint density at radius 1 is 0.958 bits per heavy atom. The molecule has 0 unspecified atom stereocenters. The summed E-state index contributed by atoms with van der Waals surface area (Å²) in [6.07, 6.45) is -4.45. The predicted molar refractivity (Wildman–Crippen MR) is 85.0 cm³/mol. The van der Waals surface area contributed by atoms with Crippen molar-refractivity contribution in [3.05, 3.63) is 71.3 Å². The summed E-state index contributed by atoms with van der Waals surface area (Å²) in [5.41, 5.74) is 0.0420. The number of alkyl halides is 3.